The van der Waals surface area contributed by atoms with Crippen molar-refractivity contribution in [3.05, 3.63) is 11.6 Å². The average molecular weight is 494 g/mol. The standard InChI is InChI=1S/C18H34N6O2.HI/c1-5-19-18(20-9-11-26-10-8-14(2)3)21-15-6-7-17-22-16(13-25-4)23-24(17)12-15;/h14-15H,5-13H2,1-4H3,(H2,19,20,21);1H. The fraction of sp³-hybridized carbons (Fsp3) is 0.833. The number of nitrogens with zero attached hydrogens (tertiary/aromatic N) is 4. The van der Waals surface area contributed by atoms with Crippen LogP contribution in [0, 0.1) is 5.92 Å². The third kappa shape index (κ3) is 8.73. The molecule has 0 amide bonds. The first-order chi connectivity index (χ1) is 12.6. The van der Waals surface area contributed by atoms with Crippen molar-refractivity contribution in [2.75, 3.05) is 33.4 Å². The first kappa shape index (κ1) is 24.1. The van der Waals surface area contributed by atoms with Crippen molar-refractivity contribution in [3.63, 3.8) is 0 Å². The van der Waals surface area contributed by atoms with Crippen LogP contribution in [0.2, 0.25) is 0 Å². The minimum atomic E-state index is 0. The number of hydrogen-bond donors (Lipinski definition) is 2. The SMILES string of the molecule is CCNC(=NCCOCCC(C)C)NC1CCc2nc(COC)nn2C1.I. The number of aromatic nitrogens is 3. The number of halogens is 1. The molecule has 0 saturated heterocycles. The van der Waals surface area contributed by atoms with Crippen LogP contribution in [0.3, 0.4) is 0 Å². The fourth-order valence-electron chi connectivity index (χ4n) is 2.83. The maximum Gasteiger partial charge on any atom is 0.191 e. The van der Waals surface area contributed by atoms with E-state index in [9.17, 15) is 0 Å². The summed E-state index contributed by atoms with van der Waals surface area (Å²) in [6, 6.07) is 0.291. The molecule has 156 valence electrons. The lowest BCUT2D eigenvalue weighted by Crippen LogP contribution is -2.47. The number of aliphatic imine (C=N–C) groups is 1. The van der Waals surface area contributed by atoms with E-state index < -0.39 is 0 Å². The summed E-state index contributed by atoms with van der Waals surface area (Å²) in [5.74, 6) is 3.30. The second-order valence-electron chi connectivity index (χ2n) is 6.99. The van der Waals surface area contributed by atoms with Crippen LogP contribution in [0.25, 0.3) is 0 Å². The summed E-state index contributed by atoms with van der Waals surface area (Å²) in [6.07, 6.45) is 3.02. The van der Waals surface area contributed by atoms with E-state index in [0.29, 0.717) is 31.7 Å². The van der Waals surface area contributed by atoms with Crippen LogP contribution in [0.5, 0.6) is 0 Å². The van der Waals surface area contributed by atoms with Crippen LogP contribution in [0.4, 0.5) is 0 Å². The predicted molar refractivity (Wildman–Crippen MR) is 118 cm³/mol. The van der Waals surface area contributed by atoms with Crippen LogP contribution < -0.4 is 10.6 Å². The molecule has 2 heterocycles. The third-order valence-corrected chi connectivity index (χ3v) is 4.21. The van der Waals surface area contributed by atoms with Gasteiger partial charge in [-0.25, -0.2) is 9.67 Å². The molecular weight excluding hydrogens is 459 g/mol. The molecule has 1 unspecified atom stereocenters. The van der Waals surface area contributed by atoms with Gasteiger partial charge in [-0.05, 0) is 25.7 Å². The number of guanidine groups is 1. The molecule has 1 atom stereocenters. The Labute approximate surface area is 179 Å². The van der Waals surface area contributed by atoms with Gasteiger partial charge in [0, 0.05) is 32.7 Å². The number of ether oxygens (including phenoxy) is 2. The summed E-state index contributed by atoms with van der Waals surface area (Å²) in [5.41, 5.74) is 0. The molecule has 9 heteroatoms. The molecule has 1 aliphatic heterocycles. The summed E-state index contributed by atoms with van der Waals surface area (Å²) in [5, 5.41) is 11.3. The number of methoxy groups -OCH3 is 1. The normalized spacial score (nSPS) is 16.8. The van der Waals surface area contributed by atoms with E-state index in [0.717, 1.165) is 56.6 Å². The van der Waals surface area contributed by atoms with Gasteiger partial charge in [0.15, 0.2) is 11.8 Å². The average Bonchev–Trinajstić information content (AvgIpc) is 2.99. The highest BCUT2D eigenvalue weighted by Gasteiger charge is 2.22. The number of fused-ring (bicyclic) bond motifs is 1. The summed E-state index contributed by atoms with van der Waals surface area (Å²) < 4.78 is 12.7. The number of aryl methyl sites for hydroxylation is 1. The highest BCUT2D eigenvalue weighted by atomic mass is 127. The van der Waals surface area contributed by atoms with E-state index in [1.807, 2.05) is 4.68 Å². The van der Waals surface area contributed by atoms with Gasteiger partial charge in [-0.1, -0.05) is 13.8 Å². The zero-order valence-electron chi connectivity index (χ0n) is 17.0. The summed E-state index contributed by atoms with van der Waals surface area (Å²) in [7, 11) is 1.66. The molecule has 2 N–H and O–H groups in total. The van der Waals surface area contributed by atoms with Gasteiger partial charge in [-0.15, -0.1) is 24.0 Å². The summed E-state index contributed by atoms with van der Waals surface area (Å²) in [4.78, 5) is 9.14. The molecule has 0 radical (unpaired) electrons. The maximum atomic E-state index is 5.64. The molecule has 0 saturated carbocycles. The molecule has 2 rings (SSSR count). The highest BCUT2D eigenvalue weighted by Crippen LogP contribution is 2.13. The Morgan fingerprint density at radius 2 is 2.19 bits per heavy atom. The van der Waals surface area contributed by atoms with Crippen molar-refractivity contribution in [1.29, 1.82) is 0 Å². The van der Waals surface area contributed by atoms with Crippen molar-refractivity contribution >= 4 is 29.9 Å². The second-order valence-corrected chi connectivity index (χ2v) is 6.99. The smallest absolute Gasteiger partial charge is 0.191 e. The Kier molecular flexibility index (Phi) is 11.8. The Balaban J connectivity index is 0.00000364. The van der Waals surface area contributed by atoms with E-state index >= 15 is 0 Å². The topological polar surface area (TPSA) is 85.6 Å². The lowest BCUT2D eigenvalue weighted by atomic mass is 10.1. The van der Waals surface area contributed by atoms with Crippen molar-refractivity contribution in [2.24, 2.45) is 10.9 Å². The van der Waals surface area contributed by atoms with Crippen molar-refractivity contribution < 1.29 is 9.47 Å². The number of rotatable bonds is 10. The highest BCUT2D eigenvalue weighted by molar-refractivity contribution is 14.0. The Hall–Kier alpha value is -0.940. The number of hydrogen-bond acceptors (Lipinski definition) is 5. The molecule has 0 bridgehead atoms. The maximum absolute atomic E-state index is 5.64. The van der Waals surface area contributed by atoms with E-state index in [-0.39, 0.29) is 24.0 Å². The zero-order valence-corrected chi connectivity index (χ0v) is 19.4. The van der Waals surface area contributed by atoms with Gasteiger partial charge in [-0.3, -0.25) is 4.99 Å². The zero-order chi connectivity index (χ0) is 18.8. The van der Waals surface area contributed by atoms with Crippen molar-refractivity contribution in [3.8, 4) is 0 Å². The molecule has 0 fully saturated rings. The van der Waals surface area contributed by atoms with E-state index in [1.165, 1.54) is 0 Å². The number of nitrogens with one attached hydrogen (secondary N) is 2. The van der Waals surface area contributed by atoms with E-state index in [2.05, 4.69) is 46.5 Å². The first-order valence-electron chi connectivity index (χ1n) is 9.66. The fourth-order valence-corrected chi connectivity index (χ4v) is 2.83. The van der Waals surface area contributed by atoms with Crippen LogP contribution in [-0.4, -0.2) is 60.2 Å². The van der Waals surface area contributed by atoms with Gasteiger partial charge in [0.2, 0.25) is 0 Å². The van der Waals surface area contributed by atoms with Gasteiger partial charge in [0.25, 0.3) is 0 Å². The van der Waals surface area contributed by atoms with Crippen molar-refractivity contribution in [1.82, 2.24) is 25.4 Å². The first-order valence-corrected chi connectivity index (χ1v) is 9.66. The molecule has 1 aromatic rings. The summed E-state index contributed by atoms with van der Waals surface area (Å²) in [6.45, 7) is 10.7. The summed E-state index contributed by atoms with van der Waals surface area (Å²) >= 11 is 0. The van der Waals surface area contributed by atoms with Gasteiger partial charge in [-0.2, -0.15) is 5.10 Å². The predicted octanol–water partition coefficient (Wildman–Crippen LogP) is 1.98. The lowest BCUT2D eigenvalue weighted by molar-refractivity contribution is 0.130. The Morgan fingerprint density at radius 1 is 1.37 bits per heavy atom. The van der Waals surface area contributed by atoms with Gasteiger partial charge in [0.05, 0.1) is 19.7 Å². The minimum Gasteiger partial charge on any atom is -0.380 e. The second kappa shape index (κ2) is 13.3. The van der Waals surface area contributed by atoms with Crippen molar-refractivity contribution in [2.45, 2.75) is 59.2 Å². The minimum absolute atomic E-state index is 0. The van der Waals surface area contributed by atoms with Gasteiger partial charge >= 0.3 is 0 Å². The molecule has 1 aromatic heterocycles. The molecule has 27 heavy (non-hydrogen) atoms. The van der Waals surface area contributed by atoms with Crippen LogP contribution in [0.1, 0.15) is 45.3 Å². The largest absolute Gasteiger partial charge is 0.380 e. The molecule has 1 aliphatic rings. The molecule has 0 spiro atoms. The van der Waals surface area contributed by atoms with E-state index in [1.54, 1.807) is 7.11 Å². The molecule has 0 aromatic carbocycles. The monoisotopic (exact) mass is 494 g/mol. The van der Waals surface area contributed by atoms with Crippen LogP contribution in [-0.2, 0) is 29.0 Å². The lowest BCUT2D eigenvalue weighted by Gasteiger charge is -2.25. The van der Waals surface area contributed by atoms with Gasteiger partial charge in [0.1, 0.15) is 12.4 Å². The molecule has 8 nitrogen and oxygen atoms in total. The quantitative estimate of drug-likeness (QED) is 0.224. The van der Waals surface area contributed by atoms with E-state index in [4.69, 9.17) is 9.47 Å². The molecular formula is C18H35IN6O2. The third-order valence-electron chi connectivity index (χ3n) is 4.21. The Morgan fingerprint density at radius 3 is 2.89 bits per heavy atom. The van der Waals surface area contributed by atoms with Crippen LogP contribution >= 0.6 is 24.0 Å². The Bertz CT molecular complexity index is 564. The van der Waals surface area contributed by atoms with Gasteiger partial charge < -0.3 is 20.1 Å². The molecule has 0 aliphatic carbocycles. The van der Waals surface area contributed by atoms with Crippen LogP contribution in [0.15, 0.2) is 4.99 Å².